The lowest BCUT2D eigenvalue weighted by molar-refractivity contribution is 0.0520. The molecule has 0 amide bonds. The molecule has 2 aromatic carbocycles. The van der Waals surface area contributed by atoms with Crippen LogP contribution in [0.25, 0.3) is 17.1 Å². The van der Waals surface area contributed by atoms with Gasteiger partial charge in [-0.3, -0.25) is 4.57 Å². The van der Waals surface area contributed by atoms with E-state index in [2.05, 4.69) is 15.2 Å². The monoisotopic (exact) mass is 470 g/mol. The number of esters is 1. The van der Waals surface area contributed by atoms with E-state index in [0.717, 1.165) is 16.3 Å². The smallest absolute Gasteiger partial charge is 0.357 e. The third-order valence-corrected chi connectivity index (χ3v) is 6.70. The molecule has 0 saturated carbocycles. The van der Waals surface area contributed by atoms with Gasteiger partial charge in [0.15, 0.2) is 16.7 Å². The Balaban J connectivity index is 1.66. The number of hydrogen-bond acceptors (Lipinski definition) is 7. The van der Waals surface area contributed by atoms with Gasteiger partial charge in [0.2, 0.25) is 0 Å². The molecule has 0 bridgehead atoms. The Kier molecular flexibility index (Phi) is 6.70. The molecule has 4 aromatic rings. The SMILES string of the molecule is CCOC(=O)c1csc(CSc2nnc(-c3ccccc3Cl)n2-c2ccc(C)cc2)n1. The summed E-state index contributed by atoms with van der Waals surface area (Å²) in [4.78, 5) is 16.2. The maximum atomic E-state index is 11.9. The van der Waals surface area contributed by atoms with Crippen LogP contribution in [0.1, 0.15) is 28.0 Å². The summed E-state index contributed by atoms with van der Waals surface area (Å²) in [6.07, 6.45) is 0. The van der Waals surface area contributed by atoms with Crippen LogP contribution < -0.4 is 0 Å². The van der Waals surface area contributed by atoms with E-state index in [-0.39, 0.29) is 0 Å². The largest absolute Gasteiger partial charge is 0.461 e. The van der Waals surface area contributed by atoms with Crippen LogP contribution >= 0.6 is 34.7 Å². The fourth-order valence-corrected chi connectivity index (χ4v) is 4.86. The maximum absolute atomic E-state index is 11.9. The second-order valence-corrected chi connectivity index (χ2v) is 8.88. The molecule has 9 heteroatoms. The molecule has 0 atom stereocenters. The van der Waals surface area contributed by atoms with Crippen LogP contribution in [0.2, 0.25) is 5.02 Å². The fourth-order valence-electron chi connectivity index (χ4n) is 2.91. The van der Waals surface area contributed by atoms with E-state index in [4.69, 9.17) is 16.3 Å². The first kappa shape index (κ1) is 21.5. The van der Waals surface area contributed by atoms with Gasteiger partial charge in [-0.05, 0) is 38.1 Å². The second-order valence-electron chi connectivity index (χ2n) is 6.59. The Hall–Kier alpha value is -2.68. The van der Waals surface area contributed by atoms with Gasteiger partial charge in [0.1, 0.15) is 5.01 Å². The quantitative estimate of drug-likeness (QED) is 0.250. The summed E-state index contributed by atoms with van der Waals surface area (Å²) < 4.78 is 7.00. The van der Waals surface area contributed by atoms with Crippen molar-refractivity contribution >= 4 is 40.7 Å². The normalized spacial score (nSPS) is 10.9. The van der Waals surface area contributed by atoms with Crippen molar-refractivity contribution in [2.24, 2.45) is 0 Å². The molecule has 2 aromatic heterocycles. The summed E-state index contributed by atoms with van der Waals surface area (Å²) in [6, 6.07) is 15.7. The van der Waals surface area contributed by atoms with Gasteiger partial charge in [0.25, 0.3) is 0 Å². The van der Waals surface area contributed by atoms with Gasteiger partial charge in [-0.25, -0.2) is 9.78 Å². The molecule has 4 rings (SSSR count). The van der Waals surface area contributed by atoms with Gasteiger partial charge < -0.3 is 4.74 Å². The van der Waals surface area contributed by atoms with Crippen molar-refractivity contribution in [2.45, 2.75) is 24.8 Å². The summed E-state index contributed by atoms with van der Waals surface area (Å²) >= 11 is 9.37. The van der Waals surface area contributed by atoms with Crippen LogP contribution in [0.5, 0.6) is 0 Å². The molecule has 158 valence electrons. The Morgan fingerprint density at radius 3 is 2.68 bits per heavy atom. The van der Waals surface area contributed by atoms with Crippen molar-refractivity contribution in [2.75, 3.05) is 6.61 Å². The van der Waals surface area contributed by atoms with Crippen molar-refractivity contribution in [1.29, 1.82) is 0 Å². The lowest BCUT2D eigenvalue weighted by atomic mass is 10.2. The first-order valence-electron chi connectivity index (χ1n) is 9.58. The highest BCUT2D eigenvalue weighted by molar-refractivity contribution is 7.98. The van der Waals surface area contributed by atoms with E-state index in [1.807, 2.05) is 60.0 Å². The van der Waals surface area contributed by atoms with Crippen molar-refractivity contribution in [1.82, 2.24) is 19.7 Å². The molecular weight excluding hydrogens is 452 g/mol. The number of benzene rings is 2. The van der Waals surface area contributed by atoms with Gasteiger partial charge in [0.05, 0.1) is 17.4 Å². The van der Waals surface area contributed by atoms with Crippen LogP contribution in [0.3, 0.4) is 0 Å². The van der Waals surface area contributed by atoms with Crippen LogP contribution in [-0.4, -0.2) is 32.3 Å². The fraction of sp³-hybridized carbons (Fsp3) is 0.182. The number of aromatic nitrogens is 4. The molecule has 0 spiro atoms. The van der Waals surface area contributed by atoms with Gasteiger partial charge in [0, 0.05) is 16.6 Å². The molecule has 0 saturated heterocycles. The Labute approximate surface area is 193 Å². The Morgan fingerprint density at radius 2 is 1.94 bits per heavy atom. The number of thiazole rings is 1. The van der Waals surface area contributed by atoms with Crippen LogP contribution in [0.15, 0.2) is 59.1 Å². The lowest BCUT2D eigenvalue weighted by Crippen LogP contribution is -2.05. The molecule has 0 unspecified atom stereocenters. The molecule has 0 aliphatic carbocycles. The predicted octanol–water partition coefficient (Wildman–Crippen LogP) is 5.82. The van der Waals surface area contributed by atoms with Crippen LogP contribution in [0, 0.1) is 6.92 Å². The van der Waals surface area contributed by atoms with Crippen LogP contribution in [-0.2, 0) is 10.5 Å². The van der Waals surface area contributed by atoms with Crippen molar-refractivity contribution in [3.63, 3.8) is 0 Å². The zero-order valence-corrected chi connectivity index (χ0v) is 19.3. The molecule has 0 radical (unpaired) electrons. The Morgan fingerprint density at radius 1 is 1.16 bits per heavy atom. The highest BCUT2D eigenvalue weighted by Gasteiger charge is 2.19. The minimum Gasteiger partial charge on any atom is -0.461 e. The number of nitrogens with zero attached hydrogens (tertiary/aromatic N) is 4. The zero-order chi connectivity index (χ0) is 21.8. The number of thioether (sulfide) groups is 1. The van der Waals surface area contributed by atoms with E-state index in [0.29, 0.717) is 34.1 Å². The lowest BCUT2D eigenvalue weighted by Gasteiger charge is -2.11. The van der Waals surface area contributed by atoms with Crippen LogP contribution in [0.4, 0.5) is 0 Å². The number of carbonyl (C=O) groups is 1. The molecule has 6 nitrogen and oxygen atoms in total. The second kappa shape index (κ2) is 9.64. The molecule has 31 heavy (non-hydrogen) atoms. The van der Waals surface area contributed by atoms with Crippen molar-refractivity contribution in [3.8, 4) is 17.1 Å². The van der Waals surface area contributed by atoms with E-state index in [1.54, 1.807) is 12.3 Å². The molecule has 0 fully saturated rings. The van der Waals surface area contributed by atoms with E-state index < -0.39 is 5.97 Å². The summed E-state index contributed by atoms with van der Waals surface area (Å²) in [6.45, 7) is 4.14. The van der Waals surface area contributed by atoms with Gasteiger partial charge >= 0.3 is 5.97 Å². The number of ether oxygens (including phenoxy) is 1. The van der Waals surface area contributed by atoms with Crippen molar-refractivity contribution < 1.29 is 9.53 Å². The van der Waals surface area contributed by atoms with E-state index >= 15 is 0 Å². The minimum absolute atomic E-state index is 0.324. The Bertz CT molecular complexity index is 1200. The summed E-state index contributed by atoms with van der Waals surface area (Å²) in [5.41, 5.74) is 3.25. The number of halogens is 1. The third-order valence-electron chi connectivity index (χ3n) is 4.40. The van der Waals surface area contributed by atoms with E-state index in [1.165, 1.54) is 28.7 Å². The molecule has 2 heterocycles. The average Bonchev–Trinajstić information content (AvgIpc) is 3.41. The van der Waals surface area contributed by atoms with Gasteiger partial charge in [-0.1, -0.05) is 53.2 Å². The number of aryl methyl sites for hydroxylation is 1. The predicted molar refractivity (Wildman–Crippen MR) is 124 cm³/mol. The summed E-state index contributed by atoms with van der Waals surface area (Å²) in [5.74, 6) is 0.818. The zero-order valence-electron chi connectivity index (χ0n) is 16.9. The first-order chi connectivity index (χ1) is 15.1. The molecular formula is C22H19ClN4O2S2. The standard InChI is InChI=1S/C22H19ClN4O2S2/c1-3-29-21(28)18-12-30-19(24-18)13-31-22-26-25-20(16-6-4-5-7-17(16)23)27(22)15-10-8-14(2)9-11-15/h4-12H,3,13H2,1-2H3. The number of carbonyl (C=O) groups excluding carboxylic acids is 1. The third kappa shape index (κ3) is 4.81. The summed E-state index contributed by atoms with van der Waals surface area (Å²) in [7, 11) is 0. The maximum Gasteiger partial charge on any atom is 0.357 e. The van der Waals surface area contributed by atoms with E-state index in [9.17, 15) is 4.79 Å². The topological polar surface area (TPSA) is 69.9 Å². The molecule has 0 aliphatic heterocycles. The van der Waals surface area contributed by atoms with Gasteiger partial charge in [-0.2, -0.15) is 0 Å². The highest BCUT2D eigenvalue weighted by Crippen LogP contribution is 2.33. The number of hydrogen-bond donors (Lipinski definition) is 0. The number of rotatable bonds is 7. The van der Waals surface area contributed by atoms with Crippen molar-refractivity contribution in [3.05, 3.63) is 75.2 Å². The van der Waals surface area contributed by atoms with Gasteiger partial charge in [-0.15, -0.1) is 21.5 Å². The molecule has 0 N–H and O–H groups in total. The summed E-state index contributed by atoms with van der Waals surface area (Å²) in [5, 5.41) is 12.7. The first-order valence-corrected chi connectivity index (χ1v) is 11.8. The molecule has 0 aliphatic rings. The average molecular weight is 471 g/mol. The highest BCUT2D eigenvalue weighted by atomic mass is 35.5. The minimum atomic E-state index is -0.404.